The molecular weight excluding hydrogens is 307 g/mol. The Balaban J connectivity index is 2.26. The quantitative estimate of drug-likeness (QED) is 0.686. The van der Waals surface area contributed by atoms with Crippen molar-refractivity contribution in [2.24, 2.45) is 0 Å². The van der Waals surface area contributed by atoms with Crippen LogP contribution in [0.25, 0.3) is 0 Å². The molecule has 2 N–H and O–H groups in total. The maximum atomic E-state index is 12.2. The van der Waals surface area contributed by atoms with Crippen LogP contribution in [0, 0.1) is 0 Å². The van der Waals surface area contributed by atoms with Crippen LogP contribution in [0.2, 0.25) is 5.02 Å². The second-order valence-corrected chi connectivity index (χ2v) is 4.57. The minimum Gasteiger partial charge on any atom is -0.406 e. The van der Waals surface area contributed by atoms with Gasteiger partial charge < -0.3 is 10.5 Å². The molecule has 0 aliphatic rings. The second kappa shape index (κ2) is 5.65. The molecule has 0 aliphatic carbocycles. The summed E-state index contributed by atoms with van der Waals surface area (Å²) in [5.74, 6) is -0.841. The Labute approximate surface area is 123 Å². The van der Waals surface area contributed by atoms with Crippen LogP contribution in [0.15, 0.2) is 42.5 Å². The SMILES string of the molecule is Nc1ccc(Cl)cc1C(=O)c1ccc(OC(F)(F)F)cc1. The predicted molar refractivity (Wildman–Crippen MR) is 72.4 cm³/mol. The fourth-order valence-corrected chi connectivity index (χ4v) is 1.86. The number of alkyl halides is 3. The molecule has 0 amide bonds. The van der Waals surface area contributed by atoms with E-state index in [0.717, 1.165) is 12.1 Å². The Bertz CT molecular complexity index is 669. The topological polar surface area (TPSA) is 52.3 Å². The number of hydrogen-bond acceptors (Lipinski definition) is 3. The molecule has 2 rings (SSSR count). The number of ether oxygens (including phenoxy) is 1. The molecule has 0 aliphatic heterocycles. The lowest BCUT2D eigenvalue weighted by molar-refractivity contribution is -0.274. The van der Waals surface area contributed by atoms with E-state index in [-0.39, 0.29) is 16.8 Å². The van der Waals surface area contributed by atoms with Gasteiger partial charge in [0.2, 0.25) is 0 Å². The number of nitrogen functional groups attached to an aromatic ring is 1. The summed E-state index contributed by atoms with van der Waals surface area (Å²) in [6, 6.07) is 8.99. The largest absolute Gasteiger partial charge is 0.573 e. The highest BCUT2D eigenvalue weighted by molar-refractivity contribution is 6.31. The number of anilines is 1. The first kappa shape index (κ1) is 15.2. The smallest absolute Gasteiger partial charge is 0.406 e. The number of rotatable bonds is 3. The molecule has 3 nitrogen and oxygen atoms in total. The molecular formula is C14H9ClF3NO2. The van der Waals surface area contributed by atoms with Gasteiger partial charge in [0.05, 0.1) is 0 Å². The van der Waals surface area contributed by atoms with E-state index in [1.54, 1.807) is 0 Å². The normalized spacial score (nSPS) is 11.2. The van der Waals surface area contributed by atoms with Gasteiger partial charge in [0.1, 0.15) is 5.75 Å². The molecule has 0 unspecified atom stereocenters. The molecule has 0 saturated heterocycles. The summed E-state index contributed by atoms with van der Waals surface area (Å²) >= 11 is 5.79. The minimum atomic E-state index is -4.77. The van der Waals surface area contributed by atoms with Crippen LogP contribution in [0.3, 0.4) is 0 Å². The molecule has 0 atom stereocenters. The number of halogens is 4. The summed E-state index contributed by atoms with van der Waals surface area (Å²) in [5.41, 5.74) is 6.29. The van der Waals surface area contributed by atoms with Gasteiger partial charge in [0.25, 0.3) is 0 Å². The van der Waals surface area contributed by atoms with Crippen molar-refractivity contribution < 1.29 is 22.7 Å². The molecule has 7 heteroatoms. The molecule has 0 fully saturated rings. The first-order valence-corrected chi connectivity index (χ1v) is 6.09. The molecule has 21 heavy (non-hydrogen) atoms. The van der Waals surface area contributed by atoms with Gasteiger partial charge in [-0.15, -0.1) is 13.2 Å². The van der Waals surface area contributed by atoms with E-state index in [9.17, 15) is 18.0 Å². The standard InChI is InChI=1S/C14H9ClF3NO2/c15-9-3-6-12(19)11(7-9)13(20)8-1-4-10(5-2-8)21-14(16,17)18/h1-7H,19H2. The summed E-state index contributed by atoms with van der Waals surface area (Å²) in [5, 5.41) is 0.338. The minimum absolute atomic E-state index is 0.179. The summed E-state index contributed by atoms with van der Waals surface area (Å²) in [6.45, 7) is 0. The van der Waals surface area contributed by atoms with Crippen LogP contribution >= 0.6 is 11.6 Å². The van der Waals surface area contributed by atoms with Crippen LogP contribution < -0.4 is 10.5 Å². The molecule has 0 saturated carbocycles. The second-order valence-electron chi connectivity index (χ2n) is 4.13. The first-order chi connectivity index (χ1) is 9.76. The summed E-state index contributed by atoms with van der Waals surface area (Å²) in [7, 11) is 0. The predicted octanol–water partition coefficient (Wildman–Crippen LogP) is 4.05. The van der Waals surface area contributed by atoms with E-state index >= 15 is 0 Å². The lowest BCUT2D eigenvalue weighted by Gasteiger charge is -2.09. The Morgan fingerprint density at radius 3 is 2.29 bits per heavy atom. The van der Waals surface area contributed by atoms with E-state index in [0.29, 0.717) is 5.02 Å². The van der Waals surface area contributed by atoms with E-state index in [4.69, 9.17) is 17.3 Å². The molecule has 110 valence electrons. The Hall–Kier alpha value is -2.21. The highest BCUT2D eigenvalue weighted by Crippen LogP contribution is 2.25. The Kier molecular flexibility index (Phi) is 4.09. The van der Waals surface area contributed by atoms with Crippen molar-refractivity contribution in [3.63, 3.8) is 0 Å². The van der Waals surface area contributed by atoms with Gasteiger partial charge in [0.15, 0.2) is 5.78 Å². The van der Waals surface area contributed by atoms with Gasteiger partial charge in [0, 0.05) is 21.8 Å². The van der Waals surface area contributed by atoms with E-state index in [1.807, 2.05) is 0 Å². The van der Waals surface area contributed by atoms with Gasteiger partial charge in [-0.1, -0.05) is 11.6 Å². The lowest BCUT2D eigenvalue weighted by atomic mass is 10.0. The molecule has 2 aromatic rings. The zero-order valence-electron chi connectivity index (χ0n) is 10.4. The Morgan fingerprint density at radius 1 is 1.10 bits per heavy atom. The van der Waals surface area contributed by atoms with Crippen molar-refractivity contribution in [2.45, 2.75) is 6.36 Å². The molecule has 0 heterocycles. The summed E-state index contributed by atoms with van der Waals surface area (Å²) in [4.78, 5) is 12.2. The van der Waals surface area contributed by atoms with Crippen LogP contribution in [-0.4, -0.2) is 12.1 Å². The van der Waals surface area contributed by atoms with Crippen LogP contribution in [0.5, 0.6) is 5.75 Å². The van der Waals surface area contributed by atoms with Crippen LogP contribution in [0.4, 0.5) is 18.9 Å². The summed E-state index contributed by atoms with van der Waals surface area (Å²) in [6.07, 6.45) is -4.77. The Morgan fingerprint density at radius 2 is 1.71 bits per heavy atom. The van der Waals surface area contributed by atoms with Crippen molar-refractivity contribution in [1.82, 2.24) is 0 Å². The number of carbonyl (C=O) groups excluding carboxylic acids is 1. The molecule has 0 spiro atoms. The maximum absolute atomic E-state index is 12.2. The van der Waals surface area contributed by atoms with Gasteiger partial charge in [-0.05, 0) is 42.5 Å². The fourth-order valence-electron chi connectivity index (χ4n) is 1.69. The maximum Gasteiger partial charge on any atom is 0.573 e. The number of nitrogens with two attached hydrogens (primary N) is 1. The number of benzene rings is 2. The van der Waals surface area contributed by atoms with Crippen molar-refractivity contribution in [3.05, 3.63) is 58.6 Å². The third kappa shape index (κ3) is 3.88. The van der Waals surface area contributed by atoms with E-state index in [1.165, 1.54) is 30.3 Å². The van der Waals surface area contributed by atoms with Crippen LogP contribution in [0.1, 0.15) is 15.9 Å². The zero-order chi connectivity index (χ0) is 15.6. The number of hydrogen-bond donors (Lipinski definition) is 1. The molecule has 0 aromatic heterocycles. The van der Waals surface area contributed by atoms with Crippen molar-refractivity contribution in [2.75, 3.05) is 5.73 Å². The van der Waals surface area contributed by atoms with E-state index < -0.39 is 17.9 Å². The fraction of sp³-hybridized carbons (Fsp3) is 0.0714. The lowest BCUT2D eigenvalue weighted by Crippen LogP contribution is -2.17. The summed E-state index contributed by atoms with van der Waals surface area (Å²) < 4.78 is 39.9. The van der Waals surface area contributed by atoms with Crippen LogP contribution in [-0.2, 0) is 0 Å². The number of ketones is 1. The first-order valence-electron chi connectivity index (χ1n) is 5.72. The molecule has 0 radical (unpaired) electrons. The highest BCUT2D eigenvalue weighted by atomic mass is 35.5. The van der Waals surface area contributed by atoms with Gasteiger partial charge in [-0.25, -0.2) is 0 Å². The highest BCUT2D eigenvalue weighted by Gasteiger charge is 2.31. The van der Waals surface area contributed by atoms with Gasteiger partial charge >= 0.3 is 6.36 Å². The monoisotopic (exact) mass is 315 g/mol. The third-order valence-corrected chi connectivity index (χ3v) is 2.85. The average Bonchev–Trinajstić information content (AvgIpc) is 2.40. The molecule has 0 bridgehead atoms. The van der Waals surface area contributed by atoms with Crippen molar-refractivity contribution in [1.29, 1.82) is 0 Å². The van der Waals surface area contributed by atoms with E-state index in [2.05, 4.69) is 4.74 Å². The van der Waals surface area contributed by atoms with Gasteiger partial charge in [-0.3, -0.25) is 4.79 Å². The van der Waals surface area contributed by atoms with Crippen molar-refractivity contribution >= 4 is 23.1 Å². The average molecular weight is 316 g/mol. The van der Waals surface area contributed by atoms with Crippen molar-refractivity contribution in [3.8, 4) is 5.75 Å². The third-order valence-electron chi connectivity index (χ3n) is 2.61. The molecule has 2 aromatic carbocycles. The number of carbonyl (C=O) groups is 1. The zero-order valence-corrected chi connectivity index (χ0v) is 11.2. The van der Waals surface area contributed by atoms with Gasteiger partial charge in [-0.2, -0.15) is 0 Å².